The van der Waals surface area contributed by atoms with E-state index in [0.29, 0.717) is 50.8 Å². The second-order valence-electron chi connectivity index (χ2n) is 8.87. The van der Waals surface area contributed by atoms with Crippen LogP contribution < -0.4 is 4.90 Å². The third-order valence-electron chi connectivity index (χ3n) is 6.65. The SMILES string of the molecule is CN1CC(=O)N(CC2CC2)c2sc3c(c2C1=O)CCN(C(=O)[C@@H]1COCCN1C)C3. The summed E-state index contributed by atoms with van der Waals surface area (Å²) < 4.78 is 5.53. The van der Waals surface area contributed by atoms with Gasteiger partial charge < -0.3 is 19.4 Å². The third-order valence-corrected chi connectivity index (χ3v) is 7.89. The van der Waals surface area contributed by atoms with E-state index >= 15 is 0 Å². The van der Waals surface area contributed by atoms with Gasteiger partial charge in [0.2, 0.25) is 11.8 Å². The summed E-state index contributed by atoms with van der Waals surface area (Å²) in [6.07, 6.45) is 2.94. The first-order valence-electron chi connectivity index (χ1n) is 10.7. The lowest BCUT2D eigenvalue weighted by Crippen LogP contribution is -2.53. The zero-order valence-corrected chi connectivity index (χ0v) is 18.4. The zero-order valence-electron chi connectivity index (χ0n) is 17.6. The van der Waals surface area contributed by atoms with Gasteiger partial charge in [0.05, 0.1) is 25.3 Å². The van der Waals surface area contributed by atoms with E-state index < -0.39 is 0 Å². The quantitative estimate of drug-likeness (QED) is 0.706. The molecule has 4 heterocycles. The van der Waals surface area contributed by atoms with E-state index in [2.05, 4.69) is 4.90 Å². The molecule has 0 aromatic carbocycles. The van der Waals surface area contributed by atoms with Crippen molar-refractivity contribution in [2.45, 2.75) is 31.8 Å². The molecule has 1 saturated carbocycles. The molecule has 4 aliphatic rings. The Kier molecular flexibility index (Phi) is 5.07. The minimum absolute atomic E-state index is 0.0102. The number of fused-ring (bicyclic) bond motifs is 3. The molecule has 0 radical (unpaired) electrons. The van der Waals surface area contributed by atoms with E-state index in [1.807, 2.05) is 16.8 Å². The standard InChI is InChI=1S/C21H28N4O4S/c1-22-7-8-29-12-15(22)19(27)24-6-5-14-16(10-24)30-21-18(14)20(28)23(2)11-17(26)25(21)9-13-3-4-13/h13,15H,3-12H2,1-2H3/t15-/m0/s1. The minimum atomic E-state index is -0.251. The van der Waals surface area contributed by atoms with Crippen LogP contribution in [0, 0.1) is 5.92 Å². The number of hydrogen-bond donors (Lipinski definition) is 0. The van der Waals surface area contributed by atoms with Crippen molar-refractivity contribution < 1.29 is 19.1 Å². The first kappa shape index (κ1) is 20.0. The Hall–Kier alpha value is -1.97. The molecule has 0 spiro atoms. The summed E-state index contributed by atoms with van der Waals surface area (Å²) in [5.74, 6) is 0.540. The van der Waals surface area contributed by atoms with Crippen LogP contribution in [0.4, 0.5) is 5.00 Å². The van der Waals surface area contributed by atoms with Crippen molar-refractivity contribution in [1.29, 1.82) is 0 Å². The molecule has 0 N–H and O–H groups in total. The Morgan fingerprint density at radius 2 is 1.97 bits per heavy atom. The molecule has 5 rings (SSSR count). The summed E-state index contributed by atoms with van der Waals surface area (Å²) in [6.45, 7) is 3.74. The second-order valence-corrected chi connectivity index (χ2v) is 9.96. The van der Waals surface area contributed by atoms with Gasteiger partial charge in [-0.1, -0.05) is 0 Å². The third kappa shape index (κ3) is 3.42. The summed E-state index contributed by atoms with van der Waals surface area (Å²) in [6, 6.07) is -0.251. The molecule has 2 fully saturated rings. The number of nitrogens with zero attached hydrogens (tertiary/aromatic N) is 4. The topological polar surface area (TPSA) is 73.4 Å². The van der Waals surface area contributed by atoms with E-state index in [0.717, 1.165) is 34.8 Å². The Morgan fingerprint density at radius 3 is 2.70 bits per heavy atom. The number of thiophene rings is 1. The van der Waals surface area contributed by atoms with Gasteiger partial charge in [0.25, 0.3) is 5.91 Å². The molecule has 30 heavy (non-hydrogen) atoms. The van der Waals surface area contributed by atoms with Crippen molar-refractivity contribution in [1.82, 2.24) is 14.7 Å². The van der Waals surface area contributed by atoms with Gasteiger partial charge in [0, 0.05) is 31.6 Å². The maximum Gasteiger partial charge on any atom is 0.257 e. The monoisotopic (exact) mass is 432 g/mol. The summed E-state index contributed by atoms with van der Waals surface area (Å²) in [4.78, 5) is 47.5. The smallest absolute Gasteiger partial charge is 0.257 e. The highest BCUT2D eigenvalue weighted by Gasteiger charge is 2.40. The lowest BCUT2D eigenvalue weighted by atomic mass is 10.0. The van der Waals surface area contributed by atoms with Crippen molar-refractivity contribution in [2.75, 3.05) is 58.4 Å². The zero-order chi connectivity index (χ0) is 21.0. The summed E-state index contributed by atoms with van der Waals surface area (Å²) >= 11 is 1.53. The van der Waals surface area contributed by atoms with Crippen molar-refractivity contribution in [2.24, 2.45) is 5.92 Å². The van der Waals surface area contributed by atoms with Crippen LogP contribution >= 0.6 is 11.3 Å². The normalized spacial score (nSPS) is 25.3. The number of likely N-dealkylation sites (N-methyl/N-ethyl adjacent to an activating group) is 2. The van der Waals surface area contributed by atoms with Crippen molar-refractivity contribution >= 4 is 34.1 Å². The molecule has 0 bridgehead atoms. The highest BCUT2D eigenvalue weighted by Crippen LogP contribution is 2.43. The van der Waals surface area contributed by atoms with Gasteiger partial charge in [-0.15, -0.1) is 11.3 Å². The molecule has 1 aromatic rings. The Bertz CT molecular complexity index is 896. The molecule has 1 saturated heterocycles. The number of morpholine rings is 1. The predicted octanol–water partition coefficient (Wildman–Crippen LogP) is 0.792. The van der Waals surface area contributed by atoms with Gasteiger partial charge in [-0.2, -0.15) is 0 Å². The highest BCUT2D eigenvalue weighted by atomic mass is 32.1. The van der Waals surface area contributed by atoms with Gasteiger partial charge in [-0.3, -0.25) is 19.3 Å². The summed E-state index contributed by atoms with van der Waals surface area (Å²) in [5, 5.41) is 0.790. The van der Waals surface area contributed by atoms with Crippen LogP contribution in [0.3, 0.4) is 0 Å². The molecule has 1 aromatic heterocycles. The maximum atomic E-state index is 13.1. The van der Waals surface area contributed by atoms with Crippen molar-refractivity contribution in [3.63, 3.8) is 0 Å². The molecule has 1 aliphatic carbocycles. The molecule has 3 amide bonds. The number of amides is 3. The fourth-order valence-corrected chi connectivity index (χ4v) is 5.93. The Balaban J connectivity index is 1.45. The van der Waals surface area contributed by atoms with Gasteiger partial charge in [-0.25, -0.2) is 0 Å². The van der Waals surface area contributed by atoms with Gasteiger partial charge in [0.15, 0.2) is 0 Å². The Morgan fingerprint density at radius 1 is 1.17 bits per heavy atom. The van der Waals surface area contributed by atoms with Crippen LogP contribution in [-0.2, 0) is 27.3 Å². The maximum absolute atomic E-state index is 13.1. The Labute approximate surface area is 180 Å². The van der Waals surface area contributed by atoms with E-state index in [9.17, 15) is 14.4 Å². The molecular formula is C21H28N4O4S. The summed E-state index contributed by atoms with van der Waals surface area (Å²) in [5.41, 5.74) is 1.72. The number of hydrogen-bond acceptors (Lipinski definition) is 6. The van der Waals surface area contributed by atoms with E-state index in [1.54, 1.807) is 7.05 Å². The molecule has 3 aliphatic heterocycles. The fourth-order valence-electron chi connectivity index (χ4n) is 4.55. The average molecular weight is 433 g/mol. The highest BCUT2D eigenvalue weighted by molar-refractivity contribution is 7.17. The van der Waals surface area contributed by atoms with Crippen LogP contribution in [-0.4, -0.2) is 92.0 Å². The molecule has 162 valence electrons. The van der Waals surface area contributed by atoms with Crippen molar-refractivity contribution in [3.8, 4) is 0 Å². The first-order valence-corrected chi connectivity index (χ1v) is 11.5. The molecular weight excluding hydrogens is 404 g/mol. The van der Waals surface area contributed by atoms with Crippen LogP contribution in [0.1, 0.15) is 33.6 Å². The lowest BCUT2D eigenvalue weighted by molar-refractivity contribution is -0.143. The number of anilines is 1. The lowest BCUT2D eigenvalue weighted by Gasteiger charge is -2.36. The van der Waals surface area contributed by atoms with E-state index in [1.165, 1.54) is 16.2 Å². The molecule has 9 heteroatoms. The van der Waals surface area contributed by atoms with E-state index in [4.69, 9.17) is 4.74 Å². The van der Waals surface area contributed by atoms with Crippen LogP contribution in [0.2, 0.25) is 0 Å². The van der Waals surface area contributed by atoms with Crippen molar-refractivity contribution in [3.05, 3.63) is 16.0 Å². The predicted molar refractivity (Wildman–Crippen MR) is 113 cm³/mol. The number of ether oxygens (including phenoxy) is 1. The van der Waals surface area contributed by atoms with Crippen LogP contribution in [0.25, 0.3) is 0 Å². The van der Waals surface area contributed by atoms with E-state index in [-0.39, 0.29) is 30.3 Å². The van der Waals surface area contributed by atoms with Gasteiger partial charge in [0.1, 0.15) is 17.6 Å². The number of rotatable bonds is 3. The fraction of sp³-hybridized carbons (Fsp3) is 0.667. The average Bonchev–Trinajstić information content (AvgIpc) is 3.49. The minimum Gasteiger partial charge on any atom is -0.378 e. The molecule has 1 atom stereocenters. The van der Waals surface area contributed by atoms with Crippen LogP contribution in [0.15, 0.2) is 0 Å². The summed E-state index contributed by atoms with van der Waals surface area (Å²) in [7, 11) is 3.66. The largest absolute Gasteiger partial charge is 0.378 e. The first-order chi connectivity index (χ1) is 14.4. The molecule has 0 unspecified atom stereocenters. The van der Waals surface area contributed by atoms with Gasteiger partial charge in [-0.05, 0) is 37.8 Å². The number of carbonyl (C=O) groups excluding carboxylic acids is 3. The molecule has 8 nitrogen and oxygen atoms in total. The van der Waals surface area contributed by atoms with Gasteiger partial charge >= 0.3 is 0 Å². The van der Waals surface area contributed by atoms with Crippen LogP contribution in [0.5, 0.6) is 0 Å². The number of carbonyl (C=O) groups is 3. The second kappa shape index (κ2) is 7.62.